The Labute approximate surface area is 174 Å². The predicted octanol–water partition coefficient (Wildman–Crippen LogP) is 4.29. The van der Waals surface area contributed by atoms with Crippen LogP contribution >= 0.6 is 24.0 Å². The van der Waals surface area contributed by atoms with E-state index in [1.165, 1.54) is 45.4 Å². The fraction of sp³-hybridized carbons (Fsp3) is 0.600. The number of aliphatic imine (C=N–C) groups is 1. The maximum atomic E-state index is 11.2. The first-order chi connectivity index (χ1) is 12.2. The van der Waals surface area contributed by atoms with Crippen molar-refractivity contribution in [2.75, 3.05) is 18.4 Å². The first kappa shape index (κ1) is 22.7. The molecule has 0 atom stereocenters. The van der Waals surface area contributed by atoms with Gasteiger partial charge in [0, 0.05) is 25.7 Å². The Morgan fingerprint density at radius 1 is 1.23 bits per heavy atom. The number of nitrogens with one attached hydrogen (secondary N) is 3. The Bertz CT molecular complexity index is 571. The molecular weight excluding hydrogens is 439 g/mol. The Balaban J connectivity index is 0.00000338. The van der Waals surface area contributed by atoms with Crippen LogP contribution in [-0.4, -0.2) is 25.0 Å². The molecule has 146 valence electrons. The molecule has 1 aliphatic rings. The minimum Gasteiger partial charge on any atom is -0.357 e. The zero-order chi connectivity index (χ0) is 17.9. The maximum Gasteiger partial charge on any atom is 0.221 e. The van der Waals surface area contributed by atoms with E-state index in [1.54, 1.807) is 0 Å². The SMILES string of the molecule is CCNC(=NCc1cccc(NC(C)=O)c1)NCCCC1CCCC1.I. The molecule has 0 radical (unpaired) electrons. The van der Waals surface area contributed by atoms with Gasteiger partial charge in [0.05, 0.1) is 6.54 Å². The molecule has 0 bridgehead atoms. The van der Waals surface area contributed by atoms with Gasteiger partial charge < -0.3 is 16.0 Å². The summed E-state index contributed by atoms with van der Waals surface area (Å²) in [4.78, 5) is 15.8. The first-order valence-corrected chi connectivity index (χ1v) is 9.56. The zero-order valence-electron chi connectivity index (χ0n) is 16.0. The molecule has 0 saturated heterocycles. The quantitative estimate of drug-likeness (QED) is 0.229. The number of nitrogens with zero attached hydrogens (tertiary/aromatic N) is 1. The Kier molecular flexibility index (Phi) is 11.3. The van der Waals surface area contributed by atoms with Gasteiger partial charge in [-0.3, -0.25) is 4.79 Å². The van der Waals surface area contributed by atoms with Crippen LogP contribution in [0.25, 0.3) is 0 Å². The van der Waals surface area contributed by atoms with Gasteiger partial charge in [0.15, 0.2) is 5.96 Å². The van der Waals surface area contributed by atoms with Gasteiger partial charge >= 0.3 is 0 Å². The highest BCUT2D eigenvalue weighted by molar-refractivity contribution is 14.0. The monoisotopic (exact) mass is 472 g/mol. The van der Waals surface area contributed by atoms with Crippen molar-refractivity contribution in [2.45, 2.75) is 58.9 Å². The van der Waals surface area contributed by atoms with E-state index in [-0.39, 0.29) is 29.9 Å². The lowest BCUT2D eigenvalue weighted by atomic mass is 10.0. The predicted molar refractivity (Wildman–Crippen MR) is 120 cm³/mol. The molecule has 0 unspecified atom stereocenters. The smallest absolute Gasteiger partial charge is 0.221 e. The summed E-state index contributed by atoms with van der Waals surface area (Å²) >= 11 is 0. The third-order valence-corrected chi connectivity index (χ3v) is 4.57. The summed E-state index contributed by atoms with van der Waals surface area (Å²) in [5.41, 5.74) is 1.89. The molecule has 26 heavy (non-hydrogen) atoms. The Morgan fingerprint density at radius 3 is 2.69 bits per heavy atom. The summed E-state index contributed by atoms with van der Waals surface area (Å²) < 4.78 is 0. The number of guanidine groups is 1. The van der Waals surface area contributed by atoms with Gasteiger partial charge in [-0.2, -0.15) is 0 Å². The van der Waals surface area contributed by atoms with E-state index in [4.69, 9.17) is 0 Å². The number of amides is 1. The molecule has 1 aromatic rings. The van der Waals surface area contributed by atoms with Crippen molar-refractivity contribution in [2.24, 2.45) is 10.9 Å². The molecule has 1 amide bonds. The minimum atomic E-state index is -0.0575. The van der Waals surface area contributed by atoms with E-state index >= 15 is 0 Å². The van der Waals surface area contributed by atoms with E-state index < -0.39 is 0 Å². The molecule has 3 N–H and O–H groups in total. The molecule has 0 spiro atoms. The second kappa shape index (κ2) is 12.9. The van der Waals surface area contributed by atoms with Crippen LogP contribution in [0.5, 0.6) is 0 Å². The number of benzene rings is 1. The lowest BCUT2D eigenvalue weighted by molar-refractivity contribution is -0.114. The summed E-state index contributed by atoms with van der Waals surface area (Å²) in [6, 6.07) is 7.83. The number of hydrogen-bond donors (Lipinski definition) is 3. The van der Waals surface area contributed by atoms with Crippen LogP contribution in [0.3, 0.4) is 0 Å². The molecule has 5 nitrogen and oxygen atoms in total. The normalized spacial score (nSPS) is 14.6. The van der Waals surface area contributed by atoms with Gasteiger partial charge in [-0.15, -0.1) is 24.0 Å². The van der Waals surface area contributed by atoms with E-state index in [2.05, 4.69) is 27.9 Å². The highest BCUT2D eigenvalue weighted by Gasteiger charge is 2.13. The molecule has 2 rings (SSSR count). The molecule has 0 aliphatic heterocycles. The van der Waals surface area contributed by atoms with Crippen LogP contribution in [-0.2, 0) is 11.3 Å². The van der Waals surface area contributed by atoms with Gasteiger partial charge in [0.1, 0.15) is 0 Å². The fourth-order valence-corrected chi connectivity index (χ4v) is 3.36. The fourth-order valence-electron chi connectivity index (χ4n) is 3.36. The summed E-state index contributed by atoms with van der Waals surface area (Å²) in [5.74, 6) is 1.75. The highest BCUT2D eigenvalue weighted by Crippen LogP contribution is 2.28. The standard InChI is InChI=1S/C20H32N4O.HI/c1-3-21-20(22-13-7-11-17-8-4-5-9-17)23-15-18-10-6-12-19(14-18)24-16(2)25;/h6,10,12,14,17H,3-5,7-9,11,13,15H2,1-2H3,(H,24,25)(H2,21,22,23);1H. The molecule has 0 heterocycles. The Hall–Kier alpha value is -1.31. The van der Waals surface area contributed by atoms with E-state index in [1.807, 2.05) is 24.3 Å². The summed E-state index contributed by atoms with van der Waals surface area (Å²) in [7, 11) is 0. The lowest BCUT2D eigenvalue weighted by Gasteiger charge is -2.13. The average Bonchev–Trinajstić information content (AvgIpc) is 3.09. The minimum absolute atomic E-state index is 0. The van der Waals surface area contributed by atoms with E-state index in [0.717, 1.165) is 36.2 Å². The third kappa shape index (κ3) is 8.87. The van der Waals surface area contributed by atoms with Crippen molar-refractivity contribution in [1.82, 2.24) is 10.6 Å². The van der Waals surface area contributed by atoms with Crippen LogP contribution in [0.1, 0.15) is 57.9 Å². The summed E-state index contributed by atoms with van der Waals surface area (Å²) in [5, 5.41) is 9.54. The molecule has 1 fully saturated rings. The van der Waals surface area contributed by atoms with E-state index in [9.17, 15) is 4.79 Å². The van der Waals surface area contributed by atoms with Crippen molar-refractivity contribution < 1.29 is 4.79 Å². The molecule has 1 saturated carbocycles. The molecule has 0 aromatic heterocycles. The van der Waals surface area contributed by atoms with Crippen molar-refractivity contribution in [3.05, 3.63) is 29.8 Å². The molecular formula is C20H33IN4O. The van der Waals surface area contributed by atoms with Crippen molar-refractivity contribution in [3.8, 4) is 0 Å². The summed E-state index contributed by atoms with van der Waals surface area (Å²) in [6.07, 6.45) is 8.19. The number of rotatable bonds is 8. The first-order valence-electron chi connectivity index (χ1n) is 9.56. The summed E-state index contributed by atoms with van der Waals surface area (Å²) in [6.45, 7) is 6.00. The van der Waals surface area contributed by atoms with Crippen molar-refractivity contribution in [1.29, 1.82) is 0 Å². The highest BCUT2D eigenvalue weighted by atomic mass is 127. The zero-order valence-corrected chi connectivity index (χ0v) is 18.3. The molecule has 1 aromatic carbocycles. The van der Waals surface area contributed by atoms with Crippen molar-refractivity contribution >= 4 is 41.5 Å². The number of carbonyl (C=O) groups is 1. The second-order valence-corrected chi connectivity index (χ2v) is 6.80. The topological polar surface area (TPSA) is 65.5 Å². The van der Waals surface area contributed by atoms with Crippen LogP contribution in [0, 0.1) is 5.92 Å². The van der Waals surface area contributed by atoms with Gasteiger partial charge in [0.2, 0.25) is 5.91 Å². The van der Waals surface area contributed by atoms with Gasteiger partial charge in [0.25, 0.3) is 0 Å². The van der Waals surface area contributed by atoms with Gasteiger partial charge in [-0.05, 0) is 43.4 Å². The van der Waals surface area contributed by atoms with E-state index in [0.29, 0.717) is 6.54 Å². The van der Waals surface area contributed by atoms with Crippen LogP contribution in [0.2, 0.25) is 0 Å². The number of anilines is 1. The van der Waals surface area contributed by atoms with Crippen LogP contribution < -0.4 is 16.0 Å². The molecule has 1 aliphatic carbocycles. The largest absolute Gasteiger partial charge is 0.357 e. The lowest BCUT2D eigenvalue weighted by Crippen LogP contribution is -2.37. The maximum absolute atomic E-state index is 11.2. The third-order valence-electron chi connectivity index (χ3n) is 4.57. The molecule has 6 heteroatoms. The Morgan fingerprint density at radius 2 is 2.00 bits per heavy atom. The van der Waals surface area contributed by atoms with Crippen LogP contribution in [0.15, 0.2) is 29.3 Å². The number of carbonyl (C=O) groups excluding carboxylic acids is 1. The number of halogens is 1. The van der Waals surface area contributed by atoms with Crippen molar-refractivity contribution in [3.63, 3.8) is 0 Å². The average molecular weight is 472 g/mol. The second-order valence-electron chi connectivity index (χ2n) is 6.80. The number of hydrogen-bond acceptors (Lipinski definition) is 2. The van der Waals surface area contributed by atoms with Gasteiger partial charge in [-0.25, -0.2) is 4.99 Å². The van der Waals surface area contributed by atoms with Crippen LogP contribution in [0.4, 0.5) is 5.69 Å². The van der Waals surface area contributed by atoms with Gasteiger partial charge in [-0.1, -0.05) is 37.8 Å².